The third kappa shape index (κ3) is 6.43. The molecule has 9 heteroatoms. The number of hydrogen-bond acceptors (Lipinski definition) is 5. The molecule has 0 aliphatic heterocycles. The molecule has 2 aromatic rings. The van der Waals surface area contributed by atoms with E-state index in [1.807, 2.05) is 0 Å². The number of esters is 1. The van der Waals surface area contributed by atoms with Crippen LogP contribution in [0.3, 0.4) is 0 Å². The van der Waals surface area contributed by atoms with Crippen molar-refractivity contribution in [3.63, 3.8) is 0 Å². The van der Waals surface area contributed by atoms with Gasteiger partial charge in [0, 0.05) is 13.1 Å². The molecule has 0 fully saturated rings. The number of rotatable bonds is 9. The standard InChI is InChI=1S/C19H21FN2O5S/c1-2-27-19(24)15-4-3-5-17(13-15)28(25,26)22-11-10-21-18(23)12-14-6-8-16(20)9-7-14/h3-9,13,22H,2,10-12H2,1H3,(H,21,23). The third-order valence-corrected chi connectivity index (χ3v) is 5.13. The highest BCUT2D eigenvalue weighted by Gasteiger charge is 2.16. The van der Waals surface area contributed by atoms with Crippen LogP contribution in [0.2, 0.25) is 0 Å². The van der Waals surface area contributed by atoms with Crippen LogP contribution < -0.4 is 10.0 Å². The molecule has 0 saturated carbocycles. The van der Waals surface area contributed by atoms with E-state index in [2.05, 4.69) is 10.0 Å². The smallest absolute Gasteiger partial charge is 0.338 e. The van der Waals surface area contributed by atoms with Crippen LogP contribution in [0.1, 0.15) is 22.8 Å². The first-order valence-corrected chi connectivity index (χ1v) is 10.1. The van der Waals surface area contributed by atoms with Crippen molar-refractivity contribution < 1.29 is 27.1 Å². The van der Waals surface area contributed by atoms with Gasteiger partial charge in [0.2, 0.25) is 15.9 Å². The number of halogens is 1. The summed E-state index contributed by atoms with van der Waals surface area (Å²) in [5.41, 5.74) is 0.785. The van der Waals surface area contributed by atoms with E-state index in [-0.39, 0.29) is 48.3 Å². The van der Waals surface area contributed by atoms with E-state index in [0.29, 0.717) is 5.56 Å². The summed E-state index contributed by atoms with van der Waals surface area (Å²) >= 11 is 0. The van der Waals surface area contributed by atoms with Crippen molar-refractivity contribution in [3.8, 4) is 0 Å². The lowest BCUT2D eigenvalue weighted by Crippen LogP contribution is -2.35. The van der Waals surface area contributed by atoms with Crippen molar-refractivity contribution in [1.82, 2.24) is 10.0 Å². The number of benzene rings is 2. The molecular formula is C19H21FN2O5S. The van der Waals surface area contributed by atoms with Gasteiger partial charge >= 0.3 is 5.97 Å². The van der Waals surface area contributed by atoms with Crippen LogP contribution >= 0.6 is 0 Å². The second-order valence-electron chi connectivity index (χ2n) is 5.80. The summed E-state index contributed by atoms with van der Waals surface area (Å²) in [5.74, 6) is -1.30. The topological polar surface area (TPSA) is 102 Å². The number of ether oxygens (including phenoxy) is 1. The molecule has 2 aromatic carbocycles. The zero-order valence-corrected chi connectivity index (χ0v) is 16.1. The molecule has 7 nitrogen and oxygen atoms in total. The van der Waals surface area contributed by atoms with E-state index in [1.54, 1.807) is 6.92 Å². The molecule has 0 unspecified atom stereocenters. The number of carbonyl (C=O) groups is 2. The van der Waals surface area contributed by atoms with E-state index < -0.39 is 16.0 Å². The van der Waals surface area contributed by atoms with Gasteiger partial charge in [0.25, 0.3) is 0 Å². The van der Waals surface area contributed by atoms with E-state index >= 15 is 0 Å². The zero-order valence-electron chi connectivity index (χ0n) is 15.3. The van der Waals surface area contributed by atoms with Crippen molar-refractivity contribution in [1.29, 1.82) is 0 Å². The van der Waals surface area contributed by atoms with Gasteiger partial charge < -0.3 is 10.1 Å². The molecule has 0 atom stereocenters. The lowest BCUT2D eigenvalue weighted by atomic mass is 10.1. The predicted octanol–water partition coefficient (Wildman–Crippen LogP) is 1.64. The van der Waals surface area contributed by atoms with Gasteiger partial charge in [0.1, 0.15) is 5.82 Å². The number of carbonyl (C=O) groups excluding carboxylic acids is 2. The highest BCUT2D eigenvalue weighted by molar-refractivity contribution is 7.89. The van der Waals surface area contributed by atoms with Crippen molar-refractivity contribution in [3.05, 3.63) is 65.5 Å². The Kier molecular flexibility index (Phi) is 7.65. The van der Waals surface area contributed by atoms with Crippen LogP contribution in [0, 0.1) is 5.82 Å². The Labute approximate surface area is 163 Å². The largest absolute Gasteiger partial charge is 0.462 e. The summed E-state index contributed by atoms with van der Waals surface area (Å²) in [4.78, 5) is 23.5. The molecule has 0 heterocycles. The number of sulfonamides is 1. The predicted molar refractivity (Wildman–Crippen MR) is 101 cm³/mol. The SMILES string of the molecule is CCOC(=O)c1cccc(S(=O)(=O)NCCNC(=O)Cc2ccc(F)cc2)c1. The summed E-state index contributed by atoms with van der Waals surface area (Å²) in [6, 6.07) is 11.0. The van der Waals surface area contributed by atoms with Crippen molar-refractivity contribution in [2.75, 3.05) is 19.7 Å². The second-order valence-corrected chi connectivity index (χ2v) is 7.57. The summed E-state index contributed by atoms with van der Waals surface area (Å²) in [6.45, 7) is 1.90. The van der Waals surface area contributed by atoms with Gasteiger partial charge in [-0.2, -0.15) is 0 Å². The molecule has 150 valence electrons. The second kappa shape index (κ2) is 9.95. The Balaban J connectivity index is 1.84. The Bertz CT molecular complexity index is 930. The average Bonchev–Trinajstić information content (AvgIpc) is 2.67. The van der Waals surface area contributed by atoms with Crippen LogP contribution in [-0.4, -0.2) is 40.0 Å². The fourth-order valence-corrected chi connectivity index (χ4v) is 3.40. The lowest BCUT2D eigenvalue weighted by Gasteiger charge is -2.09. The molecule has 0 spiro atoms. The van der Waals surface area contributed by atoms with Gasteiger partial charge in [-0.3, -0.25) is 4.79 Å². The Morgan fingerprint density at radius 1 is 1.07 bits per heavy atom. The normalized spacial score (nSPS) is 11.1. The van der Waals surface area contributed by atoms with Gasteiger partial charge in [-0.1, -0.05) is 18.2 Å². The minimum Gasteiger partial charge on any atom is -0.462 e. The van der Waals surface area contributed by atoms with Crippen molar-refractivity contribution >= 4 is 21.9 Å². The van der Waals surface area contributed by atoms with Gasteiger partial charge in [-0.05, 0) is 42.8 Å². The Morgan fingerprint density at radius 3 is 2.46 bits per heavy atom. The van der Waals surface area contributed by atoms with E-state index in [1.165, 1.54) is 48.5 Å². The van der Waals surface area contributed by atoms with Crippen LogP contribution in [0.25, 0.3) is 0 Å². The molecule has 2 N–H and O–H groups in total. The molecule has 0 bridgehead atoms. The van der Waals surface area contributed by atoms with Crippen molar-refractivity contribution in [2.24, 2.45) is 0 Å². The van der Waals surface area contributed by atoms with E-state index in [0.717, 1.165) is 0 Å². The van der Waals surface area contributed by atoms with Gasteiger partial charge in [-0.25, -0.2) is 22.3 Å². The molecule has 0 saturated heterocycles. The zero-order chi connectivity index (χ0) is 20.6. The molecule has 2 rings (SSSR count). The minimum atomic E-state index is -3.84. The van der Waals surface area contributed by atoms with Gasteiger partial charge in [0.15, 0.2) is 0 Å². The molecule has 28 heavy (non-hydrogen) atoms. The van der Waals surface area contributed by atoms with Gasteiger partial charge in [0.05, 0.1) is 23.5 Å². The maximum atomic E-state index is 12.8. The van der Waals surface area contributed by atoms with Crippen molar-refractivity contribution in [2.45, 2.75) is 18.2 Å². The molecule has 1 amide bonds. The first-order valence-electron chi connectivity index (χ1n) is 8.60. The molecule has 0 aromatic heterocycles. The molecule has 0 aliphatic carbocycles. The first-order chi connectivity index (χ1) is 13.3. The monoisotopic (exact) mass is 408 g/mol. The highest BCUT2D eigenvalue weighted by Crippen LogP contribution is 2.12. The Hall–Kier alpha value is -2.78. The molecule has 0 radical (unpaired) electrons. The maximum absolute atomic E-state index is 12.8. The Morgan fingerprint density at radius 2 is 1.79 bits per heavy atom. The fourth-order valence-electron chi connectivity index (χ4n) is 2.33. The first kappa shape index (κ1) is 21.5. The van der Waals surface area contributed by atoms with E-state index in [9.17, 15) is 22.4 Å². The fraction of sp³-hybridized carbons (Fsp3) is 0.263. The molecule has 0 aliphatic rings. The maximum Gasteiger partial charge on any atom is 0.338 e. The third-order valence-electron chi connectivity index (χ3n) is 3.67. The highest BCUT2D eigenvalue weighted by atomic mass is 32.2. The minimum absolute atomic E-state index is 0.0267. The lowest BCUT2D eigenvalue weighted by molar-refractivity contribution is -0.120. The van der Waals surface area contributed by atoms with Gasteiger partial charge in [-0.15, -0.1) is 0 Å². The molecular weight excluding hydrogens is 387 g/mol. The summed E-state index contributed by atoms with van der Waals surface area (Å²) in [6.07, 6.45) is 0.0641. The van der Waals surface area contributed by atoms with E-state index in [4.69, 9.17) is 4.74 Å². The van der Waals surface area contributed by atoms with Crippen LogP contribution in [-0.2, 0) is 26.0 Å². The summed E-state index contributed by atoms with van der Waals surface area (Å²) in [5, 5.41) is 2.58. The number of hydrogen-bond donors (Lipinski definition) is 2. The average molecular weight is 408 g/mol. The number of amides is 1. The van der Waals surface area contributed by atoms with Crippen LogP contribution in [0.15, 0.2) is 53.4 Å². The van der Waals surface area contributed by atoms with Crippen LogP contribution in [0.4, 0.5) is 4.39 Å². The number of nitrogens with one attached hydrogen (secondary N) is 2. The van der Waals surface area contributed by atoms with Crippen LogP contribution in [0.5, 0.6) is 0 Å². The quantitative estimate of drug-likeness (QED) is 0.485. The summed E-state index contributed by atoms with van der Waals surface area (Å²) < 4.78 is 44.7. The summed E-state index contributed by atoms with van der Waals surface area (Å²) in [7, 11) is -3.84.